The summed E-state index contributed by atoms with van der Waals surface area (Å²) in [6.45, 7) is 1.86. The van der Waals surface area contributed by atoms with Crippen molar-refractivity contribution in [3.8, 4) is 11.1 Å². The van der Waals surface area contributed by atoms with E-state index >= 15 is 0 Å². The summed E-state index contributed by atoms with van der Waals surface area (Å²) in [4.78, 5) is 10.1. The number of benzene rings is 1. The van der Waals surface area contributed by atoms with Gasteiger partial charge in [0.25, 0.3) is 0 Å². The molecular weight excluding hydrogens is 367 g/mol. The third-order valence-electron chi connectivity index (χ3n) is 4.56. The van der Waals surface area contributed by atoms with E-state index in [2.05, 4.69) is 0 Å². The number of aliphatic hydroxyl groups is 2. The van der Waals surface area contributed by atoms with Gasteiger partial charge in [0.05, 0.1) is 25.2 Å². The molecule has 1 aliphatic heterocycles. The van der Waals surface area contributed by atoms with Crippen LogP contribution in [0.1, 0.15) is 24.1 Å². The Bertz CT molecular complexity index is 755. The third-order valence-corrected chi connectivity index (χ3v) is 5.44. The van der Waals surface area contributed by atoms with E-state index in [-0.39, 0.29) is 6.61 Å². The topological polar surface area (TPSA) is 77.1 Å². The molecule has 3 unspecified atom stereocenters. The van der Waals surface area contributed by atoms with Crippen LogP contribution in [-0.2, 0) is 11.4 Å². The maximum absolute atomic E-state index is 11.8. The van der Waals surface area contributed by atoms with Gasteiger partial charge in [-0.25, -0.2) is 0 Å². The quantitative estimate of drug-likeness (QED) is 0.468. The molecule has 1 saturated heterocycles. The van der Waals surface area contributed by atoms with Gasteiger partial charge in [-0.2, -0.15) is 5.01 Å². The van der Waals surface area contributed by atoms with Crippen molar-refractivity contribution in [2.45, 2.75) is 30.7 Å². The van der Waals surface area contributed by atoms with Gasteiger partial charge in [-0.05, 0) is 34.5 Å². The molecule has 3 rings (SSSR count). The number of rotatable bonds is 5. The van der Waals surface area contributed by atoms with E-state index in [9.17, 15) is 15.0 Å². The summed E-state index contributed by atoms with van der Waals surface area (Å²) in [5.41, 5.74) is 2.65. The first kappa shape index (κ1) is 18.4. The van der Waals surface area contributed by atoms with Crippen molar-refractivity contribution in [3.63, 3.8) is 0 Å². The molecule has 3 atom stereocenters. The molecule has 8 heteroatoms. The van der Waals surface area contributed by atoms with Crippen LogP contribution in [0.3, 0.4) is 0 Å². The largest absolute Gasteiger partial charge is 0.472 e. The summed E-state index contributed by atoms with van der Waals surface area (Å²) in [5, 5.41) is 21.9. The molecule has 0 aliphatic carbocycles. The van der Waals surface area contributed by atoms with Gasteiger partial charge in [-0.15, -0.1) is 16.1 Å². The maximum Gasteiger partial charge on any atom is 0.162 e. The second-order valence-corrected chi connectivity index (χ2v) is 6.81. The Labute approximate surface area is 155 Å². The number of aldehydes is 1. The van der Waals surface area contributed by atoms with E-state index in [1.54, 1.807) is 31.4 Å². The summed E-state index contributed by atoms with van der Waals surface area (Å²) in [6, 6.07) is 6.27. The second kappa shape index (κ2) is 7.07. The Kier molecular flexibility index (Phi) is 5.20. The van der Waals surface area contributed by atoms with E-state index < -0.39 is 17.1 Å². The Balaban J connectivity index is 2.18. The van der Waals surface area contributed by atoms with Gasteiger partial charge in [0.2, 0.25) is 0 Å². The van der Waals surface area contributed by atoms with Gasteiger partial charge < -0.3 is 19.4 Å². The molecule has 1 fully saturated rings. The number of hydrogen-bond donors (Lipinski definition) is 2. The molecule has 0 saturated carbocycles. The maximum atomic E-state index is 11.8. The molecular formula is C17H18Cl2N2O4. The van der Waals surface area contributed by atoms with E-state index in [1.165, 1.54) is 15.8 Å². The molecule has 0 amide bonds. The monoisotopic (exact) mass is 384 g/mol. The van der Waals surface area contributed by atoms with E-state index in [0.717, 1.165) is 11.1 Å². The minimum Gasteiger partial charge on any atom is -0.472 e. The Morgan fingerprint density at radius 1 is 1.40 bits per heavy atom. The number of aliphatic hydroxyl groups excluding tert-OH is 2. The number of carbonyl (C=O) groups excluding carboxylic acids is 1. The highest BCUT2D eigenvalue weighted by Gasteiger charge is 2.58. The highest BCUT2D eigenvalue weighted by Crippen LogP contribution is 2.49. The Morgan fingerprint density at radius 2 is 2.16 bits per heavy atom. The van der Waals surface area contributed by atoms with E-state index in [0.29, 0.717) is 24.0 Å². The lowest BCUT2D eigenvalue weighted by atomic mass is 9.87. The number of carbonyl (C=O) groups is 1. The molecule has 2 aromatic rings. The van der Waals surface area contributed by atoms with Crippen LogP contribution >= 0.6 is 23.4 Å². The standard InChI is InChI=1S/C17H18Cl2N2O4/c1-2-20-16(24)17(18,10-23)15(21(20)19)13-5-3-4-12(14(13)8-22)11-6-7-25-9-11/h3-7,9-10,15-16,22,24H,2,8H2,1H3. The zero-order chi connectivity index (χ0) is 18.2. The normalized spacial score (nSPS) is 27.7. The number of nitrogens with zero attached hydrogens (tertiary/aromatic N) is 2. The van der Waals surface area contributed by atoms with Crippen LogP contribution in [0.4, 0.5) is 0 Å². The van der Waals surface area contributed by atoms with Crippen LogP contribution < -0.4 is 0 Å². The van der Waals surface area contributed by atoms with Crippen LogP contribution in [0.25, 0.3) is 11.1 Å². The first-order valence-electron chi connectivity index (χ1n) is 7.79. The highest BCUT2D eigenvalue weighted by atomic mass is 35.5. The predicted octanol–water partition coefficient (Wildman–Crippen LogP) is 2.68. The molecule has 1 aliphatic rings. The average Bonchev–Trinajstić information content (AvgIpc) is 3.21. The van der Waals surface area contributed by atoms with Crippen LogP contribution in [0.2, 0.25) is 0 Å². The van der Waals surface area contributed by atoms with Crippen molar-refractivity contribution in [1.29, 1.82) is 0 Å². The van der Waals surface area contributed by atoms with Gasteiger partial charge in [-0.3, -0.25) is 0 Å². The van der Waals surface area contributed by atoms with Crippen molar-refractivity contribution in [2.75, 3.05) is 6.54 Å². The summed E-state index contributed by atoms with van der Waals surface area (Å²) in [7, 11) is 0. The molecule has 2 N–H and O–H groups in total. The highest BCUT2D eigenvalue weighted by molar-refractivity contribution is 6.33. The lowest BCUT2D eigenvalue weighted by molar-refractivity contribution is -0.114. The lowest BCUT2D eigenvalue weighted by Gasteiger charge is -2.28. The first-order chi connectivity index (χ1) is 12.0. The molecule has 25 heavy (non-hydrogen) atoms. The lowest BCUT2D eigenvalue weighted by Crippen LogP contribution is -2.43. The molecule has 134 valence electrons. The van der Waals surface area contributed by atoms with Crippen LogP contribution in [0.15, 0.2) is 41.2 Å². The zero-order valence-electron chi connectivity index (χ0n) is 13.5. The van der Waals surface area contributed by atoms with Crippen LogP contribution in [-0.4, -0.2) is 43.7 Å². The molecule has 2 heterocycles. The van der Waals surface area contributed by atoms with Crippen molar-refractivity contribution < 1.29 is 19.4 Å². The Hall–Kier alpha value is -1.41. The average molecular weight is 385 g/mol. The fourth-order valence-electron chi connectivity index (χ4n) is 3.30. The summed E-state index contributed by atoms with van der Waals surface area (Å²) < 4.78 is 6.36. The molecule has 0 radical (unpaired) electrons. The van der Waals surface area contributed by atoms with Crippen LogP contribution in [0.5, 0.6) is 0 Å². The minimum atomic E-state index is -1.67. The zero-order valence-corrected chi connectivity index (χ0v) is 15.0. The minimum absolute atomic E-state index is 0.286. The van der Waals surface area contributed by atoms with Gasteiger partial charge in [-0.1, -0.05) is 25.1 Å². The van der Waals surface area contributed by atoms with Gasteiger partial charge >= 0.3 is 0 Å². The number of halogens is 2. The second-order valence-electron chi connectivity index (χ2n) is 5.81. The van der Waals surface area contributed by atoms with Crippen molar-refractivity contribution in [1.82, 2.24) is 9.54 Å². The number of furan rings is 1. The summed E-state index contributed by atoms with van der Waals surface area (Å²) in [6.07, 6.45) is 2.31. The van der Waals surface area contributed by atoms with Gasteiger partial charge in [0.15, 0.2) is 4.87 Å². The molecule has 1 aromatic carbocycles. The number of hydrogen-bond acceptors (Lipinski definition) is 6. The number of hydrazine groups is 1. The number of alkyl halides is 1. The smallest absolute Gasteiger partial charge is 0.162 e. The summed E-state index contributed by atoms with van der Waals surface area (Å²) in [5.74, 6) is 0. The van der Waals surface area contributed by atoms with Crippen molar-refractivity contribution in [2.24, 2.45) is 0 Å². The van der Waals surface area contributed by atoms with E-state index in [1.807, 2.05) is 6.07 Å². The fourth-order valence-corrected chi connectivity index (χ4v) is 4.13. The van der Waals surface area contributed by atoms with Crippen molar-refractivity contribution >= 4 is 29.7 Å². The fraction of sp³-hybridized carbons (Fsp3) is 0.353. The van der Waals surface area contributed by atoms with Gasteiger partial charge in [0.1, 0.15) is 12.5 Å². The first-order valence-corrected chi connectivity index (χ1v) is 8.51. The van der Waals surface area contributed by atoms with Crippen molar-refractivity contribution in [3.05, 3.63) is 47.9 Å². The Morgan fingerprint density at radius 3 is 2.72 bits per heavy atom. The third kappa shape index (κ3) is 2.79. The SMILES string of the molecule is CCN1C(O)C(Cl)(C=O)C(c2cccc(-c3ccoc3)c2CO)N1Cl. The van der Waals surface area contributed by atoms with Gasteiger partial charge in [0, 0.05) is 12.1 Å². The molecule has 0 spiro atoms. The molecule has 6 nitrogen and oxygen atoms in total. The summed E-state index contributed by atoms with van der Waals surface area (Å²) >= 11 is 12.9. The van der Waals surface area contributed by atoms with E-state index in [4.69, 9.17) is 27.8 Å². The molecule has 1 aromatic heterocycles. The molecule has 0 bridgehead atoms. The predicted molar refractivity (Wildman–Crippen MR) is 93.5 cm³/mol. The van der Waals surface area contributed by atoms with Crippen LogP contribution in [0, 0.1) is 0 Å².